The van der Waals surface area contributed by atoms with Gasteiger partial charge < -0.3 is 0 Å². The standard InChI is InChI=1S/C9H14N2/c1-2-8-4-3-5-9-6-7-10-11(8)9/h6-8H,2-5H2,1H3. The van der Waals surface area contributed by atoms with Gasteiger partial charge >= 0.3 is 0 Å². The fourth-order valence-electron chi connectivity index (χ4n) is 1.89. The van der Waals surface area contributed by atoms with E-state index in [0.29, 0.717) is 6.04 Å². The van der Waals surface area contributed by atoms with Crippen LogP contribution in [0, 0.1) is 0 Å². The minimum atomic E-state index is 0.675. The van der Waals surface area contributed by atoms with E-state index in [1.807, 2.05) is 6.20 Å². The topological polar surface area (TPSA) is 17.8 Å². The molecule has 1 aliphatic rings. The maximum absolute atomic E-state index is 4.33. The third kappa shape index (κ3) is 1.06. The van der Waals surface area contributed by atoms with Crippen molar-refractivity contribution in [2.75, 3.05) is 0 Å². The van der Waals surface area contributed by atoms with Crippen molar-refractivity contribution in [3.8, 4) is 0 Å². The molecular weight excluding hydrogens is 136 g/mol. The lowest BCUT2D eigenvalue weighted by Crippen LogP contribution is -2.17. The summed E-state index contributed by atoms with van der Waals surface area (Å²) >= 11 is 0. The molecule has 0 saturated carbocycles. The lowest BCUT2D eigenvalue weighted by Gasteiger charge is -2.22. The summed E-state index contributed by atoms with van der Waals surface area (Å²) in [6.07, 6.45) is 7.00. The minimum absolute atomic E-state index is 0.675. The van der Waals surface area contributed by atoms with Crippen molar-refractivity contribution in [2.45, 2.75) is 38.6 Å². The monoisotopic (exact) mass is 150 g/mol. The molecule has 1 aromatic rings. The second kappa shape index (κ2) is 2.68. The number of aryl methyl sites for hydroxylation is 1. The highest BCUT2D eigenvalue weighted by Gasteiger charge is 2.17. The van der Waals surface area contributed by atoms with Crippen LogP contribution in [0.3, 0.4) is 0 Å². The Morgan fingerprint density at radius 2 is 2.64 bits per heavy atom. The summed E-state index contributed by atoms with van der Waals surface area (Å²) in [6.45, 7) is 2.24. The van der Waals surface area contributed by atoms with Gasteiger partial charge in [-0.2, -0.15) is 5.10 Å². The number of hydrogen-bond acceptors (Lipinski definition) is 1. The largest absolute Gasteiger partial charge is 0.267 e. The molecule has 2 nitrogen and oxygen atoms in total. The minimum Gasteiger partial charge on any atom is -0.267 e. The molecule has 0 amide bonds. The van der Waals surface area contributed by atoms with Crippen molar-refractivity contribution in [3.05, 3.63) is 18.0 Å². The zero-order valence-electron chi connectivity index (χ0n) is 6.95. The quantitative estimate of drug-likeness (QED) is 0.600. The first kappa shape index (κ1) is 6.89. The van der Waals surface area contributed by atoms with E-state index in [-0.39, 0.29) is 0 Å². The Kier molecular flexibility index (Phi) is 1.68. The fraction of sp³-hybridized carbons (Fsp3) is 0.667. The van der Waals surface area contributed by atoms with Crippen LogP contribution in [-0.4, -0.2) is 9.78 Å². The molecule has 0 aromatic carbocycles. The average molecular weight is 150 g/mol. The molecule has 60 valence electrons. The Hall–Kier alpha value is -0.790. The predicted molar refractivity (Wildman–Crippen MR) is 44.5 cm³/mol. The molecule has 0 aliphatic carbocycles. The molecular formula is C9H14N2. The Labute approximate surface area is 67.2 Å². The van der Waals surface area contributed by atoms with Crippen molar-refractivity contribution in [1.29, 1.82) is 0 Å². The molecule has 11 heavy (non-hydrogen) atoms. The zero-order chi connectivity index (χ0) is 7.68. The summed E-state index contributed by atoms with van der Waals surface area (Å²) in [5.74, 6) is 0. The molecule has 1 atom stereocenters. The van der Waals surface area contributed by atoms with Crippen molar-refractivity contribution in [3.63, 3.8) is 0 Å². The summed E-state index contributed by atoms with van der Waals surface area (Å²) in [6, 6.07) is 2.82. The second-order valence-electron chi connectivity index (χ2n) is 3.22. The van der Waals surface area contributed by atoms with Gasteiger partial charge in [-0.3, -0.25) is 4.68 Å². The van der Waals surface area contributed by atoms with Crippen molar-refractivity contribution in [2.24, 2.45) is 0 Å². The van der Waals surface area contributed by atoms with Crippen LogP contribution in [0.4, 0.5) is 0 Å². The molecule has 1 aliphatic heterocycles. The number of fused-ring (bicyclic) bond motifs is 1. The first-order valence-corrected chi connectivity index (χ1v) is 4.44. The van der Waals surface area contributed by atoms with E-state index in [9.17, 15) is 0 Å². The van der Waals surface area contributed by atoms with Gasteiger partial charge in [0.15, 0.2) is 0 Å². The Balaban J connectivity index is 2.32. The summed E-state index contributed by atoms with van der Waals surface area (Å²) in [5, 5.41) is 4.33. The summed E-state index contributed by atoms with van der Waals surface area (Å²) < 4.78 is 2.20. The maximum Gasteiger partial charge on any atom is 0.0519 e. The van der Waals surface area contributed by atoms with Crippen LogP contribution in [0.15, 0.2) is 12.3 Å². The highest BCUT2D eigenvalue weighted by atomic mass is 15.3. The lowest BCUT2D eigenvalue weighted by atomic mass is 10.0. The summed E-state index contributed by atoms with van der Waals surface area (Å²) in [7, 11) is 0. The molecule has 0 spiro atoms. The van der Waals surface area contributed by atoms with E-state index >= 15 is 0 Å². The highest BCUT2D eigenvalue weighted by Crippen LogP contribution is 2.25. The van der Waals surface area contributed by atoms with Gasteiger partial charge in [0.1, 0.15) is 0 Å². The average Bonchev–Trinajstić information content (AvgIpc) is 2.50. The number of hydrogen-bond donors (Lipinski definition) is 0. The molecule has 0 saturated heterocycles. The van der Waals surface area contributed by atoms with Crippen LogP contribution in [0.2, 0.25) is 0 Å². The van der Waals surface area contributed by atoms with Crippen LogP contribution >= 0.6 is 0 Å². The van der Waals surface area contributed by atoms with Crippen molar-refractivity contribution < 1.29 is 0 Å². The van der Waals surface area contributed by atoms with Gasteiger partial charge in [0.2, 0.25) is 0 Å². The molecule has 0 N–H and O–H groups in total. The van der Waals surface area contributed by atoms with E-state index < -0.39 is 0 Å². The third-order valence-electron chi connectivity index (χ3n) is 2.54. The lowest BCUT2D eigenvalue weighted by molar-refractivity contribution is 0.357. The molecule has 2 rings (SSSR count). The molecule has 1 unspecified atom stereocenters. The van der Waals surface area contributed by atoms with E-state index in [2.05, 4.69) is 22.8 Å². The molecule has 2 heterocycles. The molecule has 0 radical (unpaired) electrons. The Bertz CT molecular complexity index is 239. The smallest absolute Gasteiger partial charge is 0.0519 e. The van der Waals surface area contributed by atoms with E-state index in [4.69, 9.17) is 0 Å². The van der Waals surface area contributed by atoms with Crippen LogP contribution in [0.1, 0.15) is 37.9 Å². The van der Waals surface area contributed by atoms with Crippen molar-refractivity contribution >= 4 is 0 Å². The van der Waals surface area contributed by atoms with Crippen LogP contribution in [0.5, 0.6) is 0 Å². The maximum atomic E-state index is 4.33. The van der Waals surface area contributed by atoms with Crippen LogP contribution in [-0.2, 0) is 6.42 Å². The fourth-order valence-corrected chi connectivity index (χ4v) is 1.89. The number of nitrogens with zero attached hydrogens (tertiary/aromatic N) is 2. The van der Waals surface area contributed by atoms with Gasteiger partial charge in [-0.05, 0) is 31.7 Å². The first-order valence-electron chi connectivity index (χ1n) is 4.44. The van der Waals surface area contributed by atoms with Gasteiger partial charge in [-0.15, -0.1) is 0 Å². The van der Waals surface area contributed by atoms with E-state index in [0.717, 1.165) is 0 Å². The van der Waals surface area contributed by atoms with Gasteiger partial charge in [-0.1, -0.05) is 6.92 Å². The van der Waals surface area contributed by atoms with Crippen molar-refractivity contribution in [1.82, 2.24) is 9.78 Å². The second-order valence-corrected chi connectivity index (χ2v) is 3.22. The first-order chi connectivity index (χ1) is 5.42. The molecule has 0 bridgehead atoms. The Morgan fingerprint density at radius 1 is 1.73 bits per heavy atom. The molecule has 1 aromatic heterocycles. The summed E-state index contributed by atoms with van der Waals surface area (Å²) in [4.78, 5) is 0. The third-order valence-corrected chi connectivity index (χ3v) is 2.54. The van der Waals surface area contributed by atoms with Gasteiger partial charge in [-0.25, -0.2) is 0 Å². The summed E-state index contributed by atoms with van der Waals surface area (Å²) in [5.41, 5.74) is 1.42. The van der Waals surface area contributed by atoms with Gasteiger partial charge in [0.05, 0.1) is 6.04 Å². The van der Waals surface area contributed by atoms with Gasteiger partial charge in [0, 0.05) is 11.9 Å². The SMILES string of the molecule is CCC1CCCc2ccnn21. The molecule has 0 fully saturated rings. The van der Waals surface area contributed by atoms with Crippen LogP contribution < -0.4 is 0 Å². The number of rotatable bonds is 1. The van der Waals surface area contributed by atoms with Crippen LogP contribution in [0.25, 0.3) is 0 Å². The van der Waals surface area contributed by atoms with E-state index in [1.165, 1.54) is 31.4 Å². The van der Waals surface area contributed by atoms with Gasteiger partial charge in [0.25, 0.3) is 0 Å². The highest BCUT2D eigenvalue weighted by molar-refractivity contribution is 5.04. The Morgan fingerprint density at radius 3 is 3.45 bits per heavy atom. The van der Waals surface area contributed by atoms with E-state index in [1.54, 1.807) is 0 Å². The number of aromatic nitrogens is 2. The zero-order valence-corrected chi connectivity index (χ0v) is 6.95. The predicted octanol–water partition coefficient (Wildman–Crippen LogP) is 2.17. The normalized spacial score (nSPS) is 23.2. The molecule has 2 heteroatoms.